The predicted molar refractivity (Wildman–Crippen MR) is 92.8 cm³/mol. The first-order valence-electron chi connectivity index (χ1n) is 7.71. The van der Waals surface area contributed by atoms with Crippen LogP contribution in [-0.2, 0) is 19.6 Å². The van der Waals surface area contributed by atoms with E-state index in [-0.39, 0.29) is 15.8 Å². The molecule has 8 nitrogen and oxygen atoms in total. The molecule has 1 fully saturated rings. The molecule has 1 aliphatic rings. The van der Waals surface area contributed by atoms with Gasteiger partial charge in [-0.2, -0.15) is 4.31 Å². The van der Waals surface area contributed by atoms with E-state index in [9.17, 15) is 18.4 Å². The monoisotopic (exact) mass is 377 g/mol. The number of carbonyl (C=O) groups excluding carboxylic acids is 1. The lowest BCUT2D eigenvalue weighted by atomic mass is 10.1. The fourth-order valence-corrected chi connectivity index (χ4v) is 4.56. The van der Waals surface area contributed by atoms with Gasteiger partial charge in [-0.25, -0.2) is 8.42 Å². The van der Waals surface area contributed by atoms with Crippen LogP contribution in [0.25, 0.3) is 0 Å². The Balaban J connectivity index is 2.01. The lowest BCUT2D eigenvalue weighted by Gasteiger charge is -2.21. The molecule has 9 heteroatoms. The Bertz CT molecular complexity index is 927. The van der Waals surface area contributed by atoms with Crippen LogP contribution >= 0.6 is 0 Å². The number of aryl methyl sites for hydroxylation is 1. The number of hydrogen-bond acceptors (Lipinski definition) is 7. The van der Waals surface area contributed by atoms with Gasteiger partial charge in [0.15, 0.2) is 0 Å². The van der Waals surface area contributed by atoms with Crippen molar-refractivity contribution in [3.05, 3.63) is 64.9 Å². The van der Waals surface area contributed by atoms with Gasteiger partial charge in [-0.05, 0) is 36.8 Å². The van der Waals surface area contributed by atoms with Crippen LogP contribution in [0, 0.1) is 12.1 Å². The zero-order valence-electron chi connectivity index (χ0n) is 14.1. The van der Waals surface area contributed by atoms with Crippen LogP contribution in [0.2, 0.25) is 0 Å². The quantitative estimate of drug-likeness (QED) is 0.482. The van der Waals surface area contributed by atoms with Crippen molar-refractivity contribution in [3.8, 4) is 0 Å². The molecule has 0 aliphatic carbocycles. The van der Waals surface area contributed by atoms with Crippen molar-refractivity contribution < 1.29 is 23.2 Å². The summed E-state index contributed by atoms with van der Waals surface area (Å²) in [4.78, 5) is 12.1. The first-order valence-corrected chi connectivity index (χ1v) is 9.15. The zero-order valence-corrected chi connectivity index (χ0v) is 14.9. The molecule has 26 heavy (non-hydrogen) atoms. The van der Waals surface area contributed by atoms with Crippen molar-refractivity contribution in [1.29, 1.82) is 0 Å². The maximum Gasteiger partial charge on any atom is 0.326 e. The summed E-state index contributed by atoms with van der Waals surface area (Å²) < 4.78 is 31.6. The highest BCUT2D eigenvalue weighted by Gasteiger charge is 2.61. The summed E-state index contributed by atoms with van der Waals surface area (Å²) in [5.41, 5.74) is 1.25. The van der Waals surface area contributed by atoms with Crippen LogP contribution < -0.4 is 5.23 Å². The Kier molecular flexibility index (Phi) is 4.72. The van der Waals surface area contributed by atoms with Crippen molar-refractivity contribution >= 4 is 21.7 Å². The minimum atomic E-state index is -3.94. The fourth-order valence-electron chi connectivity index (χ4n) is 2.85. The standard InChI is InChI=1S/C17H17N2O6S/c1-11-6-8-14(9-7-11)26(23,24)18-15(16(18)17(20)25-2)12-4-3-5-13(10-12)19(21)22/h3-10,15-16,21H,1-2H3/q-1. The topological polar surface area (TPSA) is 110 Å². The molecule has 3 atom stereocenters. The van der Waals surface area contributed by atoms with E-state index in [0.717, 1.165) is 9.87 Å². The number of ether oxygens (including phenoxy) is 1. The molecule has 1 heterocycles. The molecule has 0 aromatic heterocycles. The molecule has 1 saturated heterocycles. The maximum absolute atomic E-state index is 12.9. The summed E-state index contributed by atoms with van der Waals surface area (Å²) in [6.45, 7) is 1.84. The maximum atomic E-state index is 12.9. The lowest BCUT2D eigenvalue weighted by molar-refractivity contribution is -0.140. The molecular formula is C17H17N2O6S-. The zero-order chi connectivity index (χ0) is 19.1. The van der Waals surface area contributed by atoms with Gasteiger partial charge in [-0.3, -0.25) is 10.0 Å². The number of sulfonamides is 1. The minimum Gasteiger partial charge on any atom is -0.733 e. The van der Waals surface area contributed by atoms with Crippen LogP contribution in [0.3, 0.4) is 0 Å². The molecule has 0 amide bonds. The Morgan fingerprint density at radius 3 is 2.46 bits per heavy atom. The minimum absolute atomic E-state index is 0.0586. The Morgan fingerprint density at radius 1 is 1.23 bits per heavy atom. The van der Waals surface area contributed by atoms with Crippen molar-refractivity contribution in [1.82, 2.24) is 4.31 Å². The molecule has 0 bridgehead atoms. The molecular weight excluding hydrogens is 360 g/mol. The SMILES string of the molecule is COC(=O)C1C(c2cccc(N([O-])O)c2)N1S(=O)(=O)c1ccc(C)cc1. The number of benzene rings is 2. The van der Waals surface area contributed by atoms with E-state index in [1.807, 2.05) is 6.92 Å². The van der Waals surface area contributed by atoms with Gasteiger partial charge in [0.25, 0.3) is 0 Å². The van der Waals surface area contributed by atoms with Crippen LogP contribution in [0.5, 0.6) is 0 Å². The molecule has 0 radical (unpaired) electrons. The smallest absolute Gasteiger partial charge is 0.326 e. The number of esters is 1. The lowest BCUT2D eigenvalue weighted by Crippen LogP contribution is -2.20. The highest BCUT2D eigenvalue weighted by atomic mass is 32.2. The third-order valence-electron chi connectivity index (χ3n) is 4.23. The van der Waals surface area contributed by atoms with Crippen LogP contribution in [0.1, 0.15) is 17.2 Å². The van der Waals surface area contributed by atoms with Gasteiger partial charge in [0, 0.05) is 0 Å². The van der Waals surface area contributed by atoms with Gasteiger partial charge in [0.1, 0.15) is 6.04 Å². The first-order chi connectivity index (χ1) is 12.3. The number of rotatable bonds is 5. The van der Waals surface area contributed by atoms with Crippen molar-refractivity contribution in [2.24, 2.45) is 0 Å². The molecule has 138 valence electrons. The second kappa shape index (κ2) is 6.69. The Morgan fingerprint density at radius 2 is 1.88 bits per heavy atom. The first kappa shape index (κ1) is 18.3. The Labute approximate surface area is 150 Å². The van der Waals surface area contributed by atoms with Gasteiger partial charge in [-0.15, -0.1) is 0 Å². The number of hydrogen-bond donors (Lipinski definition) is 1. The van der Waals surface area contributed by atoms with Gasteiger partial charge < -0.3 is 15.2 Å². The van der Waals surface area contributed by atoms with E-state index < -0.39 is 28.1 Å². The summed E-state index contributed by atoms with van der Waals surface area (Å²) >= 11 is 0. The summed E-state index contributed by atoms with van der Waals surface area (Å²) in [7, 11) is -2.76. The van der Waals surface area contributed by atoms with E-state index in [1.165, 1.54) is 37.4 Å². The summed E-state index contributed by atoms with van der Waals surface area (Å²) in [6.07, 6.45) is 0. The molecule has 1 aliphatic heterocycles. The molecule has 3 unspecified atom stereocenters. The number of nitrogens with zero attached hydrogens (tertiary/aromatic N) is 2. The van der Waals surface area contributed by atoms with E-state index in [4.69, 9.17) is 9.94 Å². The van der Waals surface area contributed by atoms with Gasteiger partial charge in [0.2, 0.25) is 10.0 Å². The van der Waals surface area contributed by atoms with Crippen molar-refractivity contribution in [2.75, 3.05) is 12.3 Å². The fraction of sp³-hybridized carbons (Fsp3) is 0.235. The van der Waals surface area contributed by atoms with Crippen LogP contribution in [0.4, 0.5) is 5.69 Å². The summed E-state index contributed by atoms with van der Waals surface area (Å²) in [6, 6.07) is 10.2. The molecule has 0 saturated carbocycles. The summed E-state index contributed by atoms with van der Waals surface area (Å²) in [5, 5.41) is 19.8. The molecule has 2 aromatic rings. The predicted octanol–water partition coefficient (Wildman–Crippen LogP) is 1.98. The second-order valence-corrected chi connectivity index (χ2v) is 7.77. The molecule has 1 N–H and O–H groups in total. The van der Waals surface area contributed by atoms with E-state index in [0.29, 0.717) is 5.56 Å². The Hall–Kier alpha value is -2.46. The largest absolute Gasteiger partial charge is 0.733 e. The number of methoxy groups -OCH3 is 1. The molecule has 2 aromatic carbocycles. The number of anilines is 1. The highest BCUT2D eigenvalue weighted by molar-refractivity contribution is 7.89. The van der Waals surface area contributed by atoms with Gasteiger partial charge in [-0.1, -0.05) is 29.8 Å². The average molecular weight is 377 g/mol. The van der Waals surface area contributed by atoms with Crippen molar-refractivity contribution in [3.63, 3.8) is 0 Å². The van der Waals surface area contributed by atoms with Crippen LogP contribution in [-0.4, -0.2) is 37.1 Å². The summed E-state index contributed by atoms with van der Waals surface area (Å²) in [5.74, 6) is -0.695. The normalized spacial score (nSPS) is 21.9. The van der Waals surface area contributed by atoms with Gasteiger partial charge >= 0.3 is 5.97 Å². The average Bonchev–Trinajstić information content (AvgIpc) is 3.38. The van der Waals surface area contributed by atoms with E-state index >= 15 is 0 Å². The van der Waals surface area contributed by atoms with Gasteiger partial charge in [0.05, 0.1) is 23.7 Å². The van der Waals surface area contributed by atoms with E-state index in [1.54, 1.807) is 18.2 Å². The van der Waals surface area contributed by atoms with Crippen molar-refractivity contribution in [2.45, 2.75) is 23.9 Å². The van der Waals surface area contributed by atoms with E-state index in [2.05, 4.69) is 0 Å². The number of carbonyl (C=O) groups is 1. The molecule has 0 spiro atoms. The third kappa shape index (κ3) is 3.17. The van der Waals surface area contributed by atoms with Crippen LogP contribution in [0.15, 0.2) is 53.4 Å². The molecule has 3 rings (SSSR count). The second-order valence-electron chi connectivity index (χ2n) is 5.93. The third-order valence-corrected chi connectivity index (χ3v) is 6.11. The highest BCUT2D eigenvalue weighted by Crippen LogP contribution is 2.48.